The Morgan fingerprint density at radius 1 is 1.35 bits per heavy atom. The molecule has 1 aromatic heterocycles. The lowest BCUT2D eigenvalue weighted by Gasteiger charge is -2.31. The summed E-state index contributed by atoms with van der Waals surface area (Å²) < 4.78 is 0. The van der Waals surface area contributed by atoms with Gasteiger partial charge in [-0.05, 0) is 51.0 Å². The van der Waals surface area contributed by atoms with E-state index in [1.807, 2.05) is 12.1 Å². The minimum atomic E-state index is -0.417. The van der Waals surface area contributed by atoms with Crippen molar-refractivity contribution >= 4 is 16.9 Å². The second-order valence-electron chi connectivity index (χ2n) is 6.51. The highest BCUT2D eigenvalue weighted by Gasteiger charge is 2.23. The average molecular weight is 314 g/mol. The van der Waals surface area contributed by atoms with Crippen LogP contribution in [0.4, 0.5) is 0 Å². The van der Waals surface area contributed by atoms with Crippen LogP contribution < -0.4 is 5.73 Å². The number of carbonyl (C=O) groups is 1. The molecule has 1 aliphatic rings. The molecule has 3 N–H and O–H groups in total. The number of unbranched alkanes of at least 4 members (excludes halogenated alkanes) is 2. The van der Waals surface area contributed by atoms with Crippen LogP contribution >= 0.6 is 0 Å². The number of H-pyrrole nitrogens is 1. The van der Waals surface area contributed by atoms with Gasteiger partial charge in [-0.3, -0.25) is 4.79 Å². The van der Waals surface area contributed by atoms with Gasteiger partial charge in [-0.1, -0.05) is 25.8 Å². The Bertz CT molecular complexity index is 671. The normalized spacial score (nSPS) is 16.9. The summed E-state index contributed by atoms with van der Waals surface area (Å²) in [5.74, 6) is 1.03. The topological polar surface area (TPSA) is 75.0 Å². The number of nitrogens with two attached hydrogens (primary N) is 1. The lowest BCUT2D eigenvalue weighted by atomic mass is 9.96. The Labute approximate surface area is 137 Å². The van der Waals surface area contributed by atoms with Gasteiger partial charge in [-0.25, -0.2) is 4.98 Å². The van der Waals surface area contributed by atoms with Crippen molar-refractivity contribution in [3.8, 4) is 0 Å². The van der Waals surface area contributed by atoms with Crippen LogP contribution in [-0.4, -0.2) is 40.4 Å². The first-order valence-electron chi connectivity index (χ1n) is 8.69. The summed E-state index contributed by atoms with van der Waals surface area (Å²) in [5.41, 5.74) is 7.56. The molecule has 124 valence electrons. The average Bonchev–Trinajstić information content (AvgIpc) is 2.99. The van der Waals surface area contributed by atoms with E-state index in [-0.39, 0.29) is 0 Å². The summed E-state index contributed by atoms with van der Waals surface area (Å²) >= 11 is 0. The maximum Gasteiger partial charge on any atom is 0.250 e. The molecule has 0 aliphatic carbocycles. The van der Waals surface area contributed by atoms with E-state index in [1.54, 1.807) is 6.07 Å². The van der Waals surface area contributed by atoms with Crippen molar-refractivity contribution in [1.82, 2.24) is 14.9 Å². The van der Waals surface area contributed by atoms with E-state index >= 15 is 0 Å². The zero-order chi connectivity index (χ0) is 16.2. The summed E-state index contributed by atoms with van der Waals surface area (Å²) in [7, 11) is 0. The Morgan fingerprint density at radius 2 is 2.13 bits per heavy atom. The third-order valence-corrected chi connectivity index (χ3v) is 4.85. The molecule has 0 atom stereocenters. The van der Waals surface area contributed by atoms with E-state index < -0.39 is 5.91 Å². The fourth-order valence-corrected chi connectivity index (χ4v) is 3.46. The molecule has 2 aromatic rings. The summed E-state index contributed by atoms with van der Waals surface area (Å²) in [5, 5.41) is 0. The number of hydrogen-bond donors (Lipinski definition) is 2. The van der Waals surface area contributed by atoms with Crippen LogP contribution in [0.5, 0.6) is 0 Å². The molecule has 0 radical (unpaired) electrons. The first kappa shape index (κ1) is 16.0. The van der Waals surface area contributed by atoms with E-state index in [1.165, 1.54) is 25.8 Å². The number of rotatable bonds is 6. The number of aromatic amines is 1. The third kappa shape index (κ3) is 3.55. The van der Waals surface area contributed by atoms with Crippen molar-refractivity contribution in [3.05, 3.63) is 29.6 Å². The van der Waals surface area contributed by atoms with E-state index in [9.17, 15) is 4.79 Å². The molecule has 23 heavy (non-hydrogen) atoms. The summed E-state index contributed by atoms with van der Waals surface area (Å²) in [6.07, 6.45) is 6.14. The van der Waals surface area contributed by atoms with Crippen molar-refractivity contribution in [1.29, 1.82) is 0 Å². The number of aromatic nitrogens is 2. The van der Waals surface area contributed by atoms with Crippen LogP contribution in [0.25, 0.3) is 11.0 Å². The number of hydrogen-bond acceptors (Lipinski definition) is 3. The molecule has 0 spiro atoms. The third-order valence-electron chi connectivity index (χ3n) is 4.85. The van der Waals surface area contributed by atoms with Crippen molar-refractivity contribution in [2.45, 2.75) is 44.9 Å². The van der Waals surface area contributed by atoms with Gasteiger partial charge in [0.25, 0.3) is 5.91 Å². The zero-order valence-electron chi connectivity index (χ0n) is 13.8. The standard InChI is InChI=1S/C18H26N4O/c1-2-3-4-10-22-11-8-13(9-12-22)18-20-15-7-5-6-14(17(19)23)16(15)21-18/h5-7,13H,2-4,8-12H2,1H3,(H2,19,23)(H,20,21). The maximum atomic E-state index is 11.5. The molecule has 3 rings (SSSR count). The number of imidazole rings is 1. The van der Waals surface area contributed by atoms with Gasteiger partial charge in [0.05, 0.1) is 11.1 Å². The van der Waals surface area contributed by atoms with Gasteiger partial charge < -0.3 is 15.6 Å². The van der Waals surface area contributed by atoms with Crippen molar-refractivity contribution < 1.29 is 4.79 Å². The van der Waals surface area contributed by atoms with Gasteiger partial charge in [0.15, 0.2) is 0 Å². The van der Waals surface area contributed by atoms with Gasteiger partial charge in [-0.15, -0.1) is 0 Å². The van der Waals surface area contributed by atoms with E-state index in [4.69, 9.17) is 5.73 Å². The predicted octanol–water partition coefficient (Wildman–Crippen LogP) is 3.03. The fourth-order valence-electron chi connectivity index (χ4n) is 3.46. The second-order valence-corrected chi connectivity index (χ2v) is 6.51. The number of para-hydroxylation sites is 1. The number of fused-ring (bicyclic) bond motifs is 1. The zero-order valence-corrected chi connectivity index (χ0v) is 13.8. The monoisotopic (exact) mass is 314 g/mol. The molecule has 1 aromatic carbocycles. The predicted molar refractivity (Wildman–Crippen MR) is 92.6 cm³/mol. The van der Waals surface area contributed by atoms with Gasteiger partial charge in [0.2, 0.25) is 0 Å². The smallest absolute Gasteiger partial charge is 0.250 e. The number of likely N-dealkylation sites (tertiary alicyclic amines) is 1. The molecule has 1 aliphatic heterocycles. The van der Waals surface area contributed by atoms with Gasteiger partial charge in [-0.2, -0.15) is 0 Å². The Hall–Kier alpha value is -1.88. The number of carbonyl (C=O) groups excluding carboxylic acids is 1. The summed E-state index contributed by atoms with van der Waals surface area (Å²) in [6.45, 7) is 5.73. The SMILES string of the molecule is CCCCCN1CCC(c2nc3c(C(N)=O)cccc3[nH]2)CC1. The van der Waals surface area contributed by atoms with E-state index in [0.29, 0.717) is 17.0 Å². The van der Waals surface area contributed by atoms with Gasteiger partial charge >= 0.3 is 0 Å². The minimum Gasteiger partial charge on any atom is -0.366 e. The molecular weight excluding hydrogens is 288 g/mol. The number of piperidine rings is 1. The highest BCUT2D eigenvalue weighted by Crippen LogP contribution is 2.28. The lowest BCUT2D eigenvalue weighted by molar-refractivity contribution is 0.100. The van der Waals surface area contributed by atoms with Crippen molar-refractivity contribution in [3.63, 3.8) is 0 Å². The van der Waals surface area contributed by atoms with Crippen LogP contribution in [0.3, 0.4) is 0 Å². The molecular formula is C18H26N4O. The van der Waals surface area contributed by atoms with E-state index in [0.717, 1.165) is 37.3 Å². The number of benzene rings is 1. The summed E-state index contributed by atoms with van der Waals surface area (Å²) in [6, 6.07) is 5.55. The Balaban J connectivity index is 1.68. The van der Waals surface area contributed by atoms with E-state index in [2.05, 4.69) is 21.8 Å². The molecule has 2 heterocycles. The lowest BCUT2D eigenvalue weighted by Crippen LogP contribution is -2.33. The molecule has 1 fully saturated rings. The fraction of sp³-hybridized carbons (Fsp3) is 0.556. The van der Waals surface area contributed by atoms with Crippen LogP contribution in [0.15, 0.2) is 18.2 Å². The molecule has 5 heteroatoms. The minimum absolute atomic E-state index is 0.417. The van der Waals surface area contributed by atoms with Crippen LogP contribution in [0.1, 0.15) is 61.1 Å². The molecule has 5 nitrogen and oxygen atoms in total. The van der Waals surface area contributed by atoms with Crippen molar-refractivity contribution in [2.75, 3.05) is 19.6 Å². The number of amides is 1. The highest BCUT2D eigenvalue weighted by molar-refractivity contribution is 6.04. The molecule has 1 saturated heterocycles. The molecule has 0 unspecified atom stereocenters. The van der Waals surface area contributed by atoms with Gasteiger partial charge in [0.1, 0.15) is 11.3 Å². The quantitative estimate of drug-likeness (QED) is 0.805. The van der Waals surface area contributed by atoms with Crippen LogP contribution in [0.2, 0.25) is 0 Å². The molecule has 1 amide bonds. The summed E-state index contributed by atoms with van der Waals surface area (Å²) in [4.78, 5) is 22.2. The van der Waals surface area contributed by atoms with Gasteiger partial charge in [0, 0.05) is 5.92 Å². The van der Waals surface area contributed by atoms with Crippen molar-refractivity contribution in [2.24, 2.45) is 5.73 Å². The highest BCUT2D eigenvalue weighted by atomic mass is 16.1. The van der Waals surface area contributed by atoms with Crippen LogP contribution in [-0.2, 0) is 0 Å². The number of nitrogens with zero attached hydrogens (tertiary/aromatic N) is 2. The van der Waals surface area contributed by atoms with Crippen LogP contribution in [0, 0.1) is 0 Å². The Kier molecular flexibility index (Phi) is 4.96. The first-order chi connectivity index (χ1) is 11.2. The largest absolute Gasteiger partial charge is 0.366 e. The molecule has 0 bridgehead atoms. The maximum absolute atomic E-state index is 11.5. The second kappa shape index (κ2) is 7.13. The molecule has 0 saturated carbocycles. The number of nitrogens with one attached hydrogen (secondary N) is 1. The first-order valence-corrected chi connectivity index (χ1v) is 8.69. The Morgan fingerprint density at radius 3 is 2.83 bits per heavy atom. The number of primary amides is 1.